The third-order valence-electron chi connectivity index (χ3n) is 3.23. The first-order valence-electron chi connectivity index (χ1n) is 6.83. The number of hydrogen-bond donors (Lipinski definition) is 2. The second-order valence-corrected chi connectivity index (χ2v) is 6.45. The predicted molar refractivity (Wildman–Crippen MR) is 86.2 cm³/mol. The van der Waals surface area contributed by atoms with Crippen LogP contribution in [-0.2, 0) is 5.54 Å². The summed E-state index contributed by atoms with van der Waals surface area (Å²) in [6.07, 6.45) is 3.15. The number of nitrogens with two attached hydrogens (primary N) is 1. The van der Waals surface area contributed by atoms with E-state index in [4.69, 9.17) is 5.73 Å². The molecule has 0 aliphatic rings. The van der Waals surface area contributed by atoms with Gasteiger partial charge in [0.15, 0.2) is 0 Å². The Morgan fingerprint density at radius 3 is 2.65 bits per heavy atom. The Bertz CT molecular complexity index is 825. The summed E-state index contributed by atoms with van der Waals surface area (Å²) in [6, 6.07) is 7.19. The lowest BCUT2D eigenvalue weighted by molar-refractivity contribution is 0.0911. The number of hydrogen-bond acceptors (Lipinski definition) is 7. The van der Waals surface area contributed by atoms with E-state index in [-0.39, 0.29) is 5.91 Å². The zero-order chi connectivity index (χ0) is 16.4. The monoisotopic (exact) mass is 329 g/mol. The maximum Gasteiger partial charge on any atom is 0.252 e. The molecule has 1 aromatic carbocycles. The van der Waals surface area contributed by atoms with Crippen LogP contribution in [0.3, 0.4) is 0 Å². The minimum absolute atomic E-state index is 0.210. The van der Waals surface area contributed by atoms with Crippen molar-refractivity contribution in [1.82, 2.24) is 30.3 Å². The van der Waals surface area contributed by atoms with Gasteiger partial charge in [-0.3, -0.25) is 9.36 Å². The average Bonchev–Trinajstić information content (AvgIpc) is 3.18. The molecule has 9 heteroatoms. The molecular weight excluding hydrogens is 314 g/mol. The minimum Gasteiger partial charge on any atom is -0.374 e. The SMILES string of the molecule is CC(C)(NC(=O)c1cccc(-n2cnnc2)c1)c1nnc(N)s1. The largest absolute Gasteiger partial charge is 0.374 e. The first kappa shape index (κ1) is 15.1. The van der Waals surface area contributed by atoms with Crippen molar-refractivity contribution in [3.8, 4) is 5.69 Å². The lowest BCUT2D eigenvalue weighted by Crippen LogP contribution is -2.41. The van der Waals surface area contributed by atoms with Crippen LogP contribution in [0.2, 0.25) is 0 Å². The molecule has 118 valence electrons. The number of anilines is 1. The fourth-order valence-electron chi connectivity index (χ4n) is 2.04. The summed E-state index contributed by atoms with van der Waals surface area (Å²) >= 11 is 1.25. The number of amides is 1. The fourth-order valence-corrected chi connectivity index (χ4v) is 2.71. The number of carbonyl (C=O) groups excluding carboxylic acids is 1. The molecule has 2 heterocycles. The Kier molecular flexibility index (Phi) is 3.78. The van der Waals surface area contributed by atoms with Gasteiger partial charge in [0.2, 0.25) is 5.13 Å². The average molecular weight is 329 g/mol. The van der Waals surface area contributed by atoms with Crippen molar-refractivity contribution in [3.05, 3.63) is 47.5 Å². The topological polar surface area (TPSA) is 112 Å². The molecule has 0 spiro atoms. The van der Waals surface area contributed by atoms with Crippen molar-refractivity contribution < 1.29 is 4.79 Å². The minimum atomic E-state index is -0.668. The highest BCUT2D eigenvalue weighted by atomic mass is 32.1. The van der Waals surface area contributed by atoms with Crippen molar-refractivity contribution in [2.45, 2.75) is 19.4 Å². The molecule has 3 aromatic rings. The van der Waals surface area contributed by atoms with Crippen molar-refractivity contribution in [3.63, 3.8) is 0 Å². The van der Waals surface area contributed by atoms with Gasteiger partial charge in [0, 0.05) is 11.3 Å². The highest BCUT2D eigenvalue weighted by Gasteiger charge is 2.27. The van der Waals surface area contributed by atoms with Crippen LogP contribution in [0.25, 0.3) is 5.69 Å². The molecule has 0 atom stereocenters. The molecule has 0 saturated carbocycles. The zero-order valence-electron chi connectivity index (χ0n) is 12.6. The first-order valence-corrected chi connectivity index (χ1v) is 7.64. The standard InChI is InChI=1S/C14H15N7OS/c1-14(2,12-19-20-13(15)23-12)18-11(22)9-4-3-5-10(6-9)21-7-16-17-8-21/h3-8H,1-2H3,(H2,15,20)(H,18,22). The Balaban J connectivity index is 1.82. The van der Waals surface area contributed by atoms with E-state index in [9.17, 15) is 4.79 Å². The summed E-state index contributed by atoms with van der Waals surface area (Å²) in [5.74, 6) is -0.210. The summed E-state index contributed by atoms with van der Waals surface area (Å²) in [5.41, 5.74) is 6.28. The van der Waals surface area contributed by atoms with Gasteiger partial charge in [-0.25, -0.2) is 0 Å². The highest BCUT2D eigenvalue weighted by Crippen LogP contribution is 2.25. The smallest absolute Gasteiger partial charge is 0.252 e. The molecule has 0 radical (unpaired) electrons. The molecule has 3 N–H and O–H groups in total. The van der Waals surface area contributed by atoms with Gasteiger partial charge in [0.25, 0.3) is 5.91 Å². The van der Waals surface area contributed by atoms with E-state index in [0.717, 1.165) is 5.69 Å². The molecule has 3 rings (SSSR count). The third-order valence-corrected chi connectivity index (χ3v) is 4.30. The molecule has 0 saturated heterocycles. The fraction of sp³-hybridized carbons (Fsp3) is 0.214. The third kappa shape index (κ3) is 3.19. The molecule has 2 aromatic heterocycles. The Morgan fingerprint density at radius 2 is 2.00 bits per heavy atom. The molecule has 8 nitrogen and oxygen atoms in total. The number of nitrogen functional groups attached to an aromatic ring is 1. The van der Waals surface area contributed by atoms with Gasteiger partial charge in [-0.2, -0.15) is 0 Å². The first-order chi connectivity index (χ1) is 11.0. The summed E-state index contributed by atoms with van der Waals surface area (Å²) in [5, 5.41) is 19.3. The number of carbonyl (C=O) groups is 1. The second-order valence-electron chi connectivity index (χ2n) is 5.44. The summed E-state index contributed by atoms with van der Waals surface area (Å²) in [6.45, 7) is 3.71. The lowest BCUT2D eigenvalue weighted by atomic mass is 10.1. The number of benzene rings is 1. The van der Waals surface area contributed by atoms with Crippen LogP contribution in [0.1, 0.15) is 29.2 Å². The number of rotatable bonds is 4. The molecule has 1 amide bonds. The zero-order valence-corrected chi connectivity index (χ0v) is 13.4. The predicted octanol–water partition coefficient (Wildman–Crippen LogP) is 1.37. The number of nitrogens with zero attached hydrogens (tertiary/aromatic N) is 5. The van der Waals surface area contributed by atoms with E-state index in [1.165, 1.54) is 11.3 Å². The van der Waals surface area contributed by atoms with Crippen LogP contribution in [0.4, 0.5) is 5.13 Å². The van der Waals surface area contributed by atoms with Gasteiger partial charge in [-0.15, -0.1) is 20.4 Å². The highest BCUT2D eigenvalue weighted by molar-refractivity contribution is 7.15. The van der Waals surface area contributed by atoms with Gasteiger partial charge in [0.1, 0.15) is 17.7 Å². The molecule has 23 heavy (non-hydrogen) atoms. The molecular formula is C14H15N7OS. The van der Waals surface area contributed by atoms with E-state index in [1.807, 2.05) is 19.9 Å². The molecule has 0 aliphatic heterocycles. The molecule has 0 fully saturated rings. The van der Waals surface area contributed by atoms with Crippen LogP contribution in [0.5, 0.6) is 0 Å². The van der Waals surface area contributed by atoms with E-state index in [0.29, 0.717) is 15.7 Å². The van der Waals surface area contributed by atoms with Gasteiger partial charge in [-0.05, 0) is 32.0 Å². The maximum absolute atomic E-state index is 12.5. The van der Waals surface area contributed by atoms with Crippen LogP contribution in [-0.4, -0.2) is 30.9 Å². The van der Waals surface area contributed by atoms with Gasteiger partial charge in [0.05, 0.1) is 5.54 Å². The number of aromatic nitrogens is 5. The van der Waals surface area contributed by atoms with Crippen molar-refractivity contribution in [2.24, 2.45) is 0 Å². The normalized spacial score (nSPS) is 11.4. The van der Waals surface area contributed by atoms with Gasteiger partial charge >= 0.3 is 0 Å². The van der Waals surface area contributed by atoms with Crippen LogP contribution < -0.4 is 11.1 Å². The van der Waals surface area contributed by atoms with Gasteiger partial charge in [-0.1, -0.05) is 17.4 Å². The summed E-state index contributed by atoms with van der Waals surface area (Å²) in [4.78, 5) is 12.5. The Morgan fingerprint density at radius 1 is 1.26 bits per heavy atom. The van der Waals surface area contributed by atoms with Crippen LogP contribution in [0.15, 0.2) is 36.9 Å². The van der Waals surface area contributed by atoms with Gasteiger partial charge < -0.3 is 11.1 Å². The van der Waals surface area contributed by atoms with Crippen LogP contribution in [0, 0.1) is 0 Å². The second kappa shape index (κ2) is 5.76. The van der Waals surface area contributed by atoms with Crippen molar-refractivity contribution in [1.29, 1.82) is 0 Å². The van der Waals surface area contributed by atoms with E-state index >= 15 is 0 Å². The summed E-state index contributed by atoms with van der Waals surface area (Å²) < 4.78 is 1.73. The van der Waals surface area contributed by atoms with E-state index < -0.39 is 5.54 Å². The quantitative estimate of drug-likeness (QED) is 0.747. The Hall–Kier alpha value is -2.81. The Labute approximate surface area is 136 Å². The van der Waals surface area contributed by atoms with E-state index in [1.54, 1.807) is 35.4 Å². The van der Waals surface area contributed by atoms with Crippen LogP contribution >= 0.6 is 11.3 Å². The van der Waals surface area contributed by atoms with Crippen molar-refractivity contribution >= 4 is 22.4 Å². The maximum atomic E-state index is 12.5. The summed E-state index contributed by atoms with van der Waals surface area (Å²) in [7, 11) is 0. The number of nitrogens with one attached hydrogen (secondary N) is 1. The van der Waals surface area contributed by atoms with E-state index in [2.05, 4.69) is 25.7 Å². The lowest BCUT2D eigenvalue weighted by Gasteiger charge is -2.23. The van der Waals surface area contributed by atoms with Crippen molar-refractivity contribution in [2.75, 3.05) is 5.73 Å². The molecule has 0 unspecified atom stereocenters. The molecule has 0 aliphatic carbocycles. The molecule has 0 bridgehead atoms.